The van der Waals surface area contributed by atoms with Gasteiger partial charge in [-0.05, 0) is 85.7 Å². The molecule has 3 aliphatic rings. The molecule has 3 aromatic carbocycles. The predicted octanol–water partition coefficient (Wildman–Crippen LogP) is 8.57. The van der Waals surface area contributed by atoms with E-state index in [-0.39, 0.29) is 36.2 Å². The molecule has 0 spiro atoms. The van der Waals surface area contributed by atoms with Crippen LogP contribution in [0.5, 0.6) is 5.75 Å². The molecule has 7 rings (SSSR count). The second-order valence-corrected chi connectivity index (χ2v) is 14.1. The highest BCUT2D eigenvalue weighted by atomic mass is 19.4. The molecule has 0 aliphatic carbocycles. The lowest BCUT2D eigenvalue weighted by Gasteiger charge is -2.34. The van der Waals surface area contributed by atoms with Gasteiger partial charge in [-0.15, -0.1) is 13.2 Å². The number of unbranched alkanes of at least 4 members (excludes halogenated alkanes) is 1. The van der Waals surface area contributed by atoms with Gasteiger partial charge < -0.3 is 14.6 Å². The summed E-state index contributed by atoms with van der Waals surface area (Å²) in [6.45, 7) is 4.00. The number of ether oxygens (including phenoxy) is 1. The van der Waals surface area contributed by atoms with Crippen molar-refractivity contribution in [2.45, 2.75) is 95.2 Å². The van der Waals surface area contributed by atoms with E-state index >= 15 is 0 Å². The van der Waals surface area contributed by atoms with Crippen LogP contribution in [0.1, 0.15) is 61.6 Å². The van der Waals surface area contributed by atoms with Gasteiger partial charge in [0.1, 0.15) is 11.5 Å². The lowest BCUT2D eigenvalue weighted by Crippen LogP contribution is -2.45. The van der Waals surface area contributed by atoms with Gasteiger partial charge in [0.2, 0.25) is 0 Å². The first-order valence-electron chi connectivity index (χ1n) is 17.8. The van der Waals surface area contributed by atoms with Crippen LogP contribution in [-0.4, -0.2) is 64.3 Å². The number of aryl methyl sites for hydroxylation is 1. The van der Waals surface area contributed by atoms with Crippen molar-refractivity contribution in [3.63, 3.8) is 0 Å². The molecule has 3 saturated heterocycles. The summed E-state index contributed by atoms with van der Waals surface area (Å²) in [5.41, 5.74) is 3.47. The van der Waals surface area contributed by atoms with Gasteiger partial charge in [0.25, 0.3) is 0 Å². The molecule has 0 amide bonds. The molecule has 0 radical (unpaired) electrons. The molecule has 3 aliphatic heterocycles. The number of Topliss-reactive ketones (excluding diaryl/α,β-unsaturated/α-hetero) is 1. The first kappa shape index (κ1) is 35.5. The second kappa shape index (κ2) is 14.6. The second-order valence-electron chi connectivity index (χ2n) is 14.1. The highest BCUT2D eigenvalue weighted by Gasteiger charge is 2.44. The molecule has 4 heterocycles. The third-order valence-electron chi connectivity index (χ3n) is 10.7. The Balaban J connectivity index is 1.06. The van der Waals surface area contributed by atoms with Gasteiger partial charge in [-0.25, -0.2) is 0 Å². The summed E-state index contributed by atoms with van der Waals surface area (Å²) in [5, 5.41) is 4.31. The summed E-state index contributed by atoms with van der Waals surface area (Å²) < 4.78 is 85.6. The molecule has 2 bridgehead atoms. The van der Waals surface area contributed by atoms with E-state index in [2.05, 4.69) is 42.6 Å². The number of likely N-dealkylation sites (tertiary alicyclic amines) is 2. The van der Waals surface area contributed by atoms with Crippen molar-refractivity contribution in [3.8, 4) is 16.9 Å². The van der Waals surface area contributed by atoms with Crippen molar-refractivity contribution in [1.82, 2.24) is 19.7 Å². The minimum absolute atomic E-state index is 0.0412. The number of hydrogen-bond acceptors (Lipinski definition) is 5. The Kier molecular flexibility index (Phi) is 10.2. The van der Waals surface area contributed by atoms with E-state index in [9.17, 15) is 31.1 Å². The Morgan fingerprint density at radius 3 is 2.29 bits per heavy atom. The number of alkyl halides is 6. The number of hydrogen-bond donors (Lipinski definition) is 1. The molecule has 6 nitrogen and oxygen atoms in total. The third-order valence-corrected chi connectivity index (χ3v) is 10.7. The van der Waals surface area contributed by atoms with Crippen LogP contribution < -0.4 is 10.1 Å². The zero-order valence-corrected chi connectivity index (χ0v) is 28.3. The Morgan fingerprint density at radius 1 is 0.863 bits per heavy atom. The largest absolute Gasteiger partial charge is 0.573 e. The van der Waals surface area contributed by atoms with E-state index in [1.807, 2.05) is 6.20 Å². The van der Waals surface area contributed by atoms with Crippen molar-refractivity contribution in [3.05, 3.63) is 89.6 Å². The Labute approximate surface area is 293 Å². The van der Waals surface area contributed by atoms with Gasteiger partial charge in [-0.2, -0.15) is 13.2 Å². The first-order chi connectivity index (χ1) is 24.4. The predicted molar refractivity (Wildman–Crippen MR) is 183 cm³/mol. The van der Waals surface area contributed by atoms with Crippen molar-refractivity contribution in [2.24, 2.45) is 0 Å². The van der Waals surface area contributed by atoms with Crippen LogP contribution in [0.3, 0.4) is 0 Å². The van der Waals surface area contributed by atoms with Crippen LogP contribution in [0, 0.1) is 0 Å². The van der Waals surface area contributed by atoms with Crippen LogP contribution >= 0.6 is 0 Å². The van der Waals surface area contributed by atoms with Crippen LogP contribution in [0.25, 0.3) is 22.0 Å². The van der Waals surface area contributed by atoms with Crippen LogP contribution in [0.4, 0.5) is 26.3 Å². The maximum atomic E-state index is 13.6. The molecule has 1 N–H and O–H groups in total. The number of aromatic nitrogens is 1. The summed E-state index contributed by atoms with van der Waals surface area (Å²) >= 11 is 0. The summed E-state index contributed by atoms with van der Waals surface area (Å²) in [5.74, 6) is -0.0174. The number of nitrogens with zero attached hydrogens (tertiary/aromatic N) is 3. The van der Waals surface area contributed by atoms with Crippen LogP contribution in [0.15, 0.2) is 72.9 Å². The zero-order chi connectivity index (χ0) is 35.8. The topological polar surface area (TPSA) is 49.7 Å². The van der Waals surface area contributed by atoms with Gasteiger partial charge in [-0.1, -0.05) is 42.8 Å². The van der Waals surface area contributed by atoms with E-state index in [1.54, 1.807) is 24.3 Å². The van der Waals surface area contributed by atoms with Gasteiger partial charge in [0, 0.05) is 73.9 Å². The monoisotopic (exact) mass is 712 g/mol. The molecule has 0 saturated carbocycles. The first-order valence-corrected chi connectivity index (χ1v) is 17.8. The highest BCUT2D eigenvalue weighted by Crippen LogP contribution is 2.38. The fourth-order valence-corrected chi connectivity index (χ4v) is 8.18. The van der Waals surface area contributed by atoms with Gasteiger partial charge in [0.15, 0.2) is 0 Å². The molecular weight excluding hydrogens is 670 g/mol. The molecule has 4 aromatic rings. The fourth-order valence-electron chi connectivity index (χ4n) is 8.18. The molecule has 1 aromatic heterocycles. The zero-order valence-electron chi connectivity index (χ0n) is 28.3. The maximum Gasteiger partial charge on any atom is 0.573 e. The normalized spacial score (nSPS) is 21.5. The van der Waals surface area contributed by atoms with Crippen molar-refractivity contribution >= 4 is 16.7 Å². The van der Waals surface area contributed by atoms with Gasteiger partial charge in [-0.3, -0.25) is 14.6 Å². The maximum absolute atomic E-state index is 13.6. The molecule has 3 fully saturated rings. The molecule has 272 valence electrons. The summed E-state index contributed by atoms with van der Waals surface area (Å²) in [6, 6.07) is 18.4. The van der Waals surface area contributed by atoms with Crippen LogP contribution in [0.2, 0.25) is 0 Å². The Morgan fingerprint density at radius 2 is 1.61 bits per heavy atom. The van der Waals surface area contributed by atoms with E-state index in [1.165, 1.54) is 18.2 Å². The summed E-state index contributed by atoms with van der Waals surface area (Å²) in [7, 11) is 0. The average Bonchev–Trinajstić information content (AvgIpc) is 3.79. The Bertz CT molecular complexity index is 1830. The number of carbonyl (C=O) groups is 1. The van der Waals surface area contributed by atoms with Gasteiger partial charge >= 0.3 is 12.5 Å². The van der Waals surface area contributed by atoms with E-state index in [4.69, 9.17) is 0 Å². The molecule has 3 unspecified atom stereocenters. The lowest BCUT2D eigenvalue weighted by atomic mass is 9.98. The minimum atomic E-state index is -4.78. The molecule has 12 heteroatoms. The Hall–Kier alpha value is -3.87. The van der Waals surface area contributed by atoms with Crippen LogP contribution in [-0.2, 0) is 30.6 Å². The molecule has 3 atom stereocenters. The minimum Gasteiger partial charge on any atom is -0.406 e. The van der Waals surface area contributed by atoms with Crippen molar-refractivity contribution < 1.29 is 35.9 Å². The smallest absolute Gasteiger partial charge is 0.406 e. The number of nitrogens with one attached hydrogen (secondary N) is 1. The number of ketones is 1. The summed E-state index contributed by atoms with van der Waals surface area (Å²) in [4.78, 5) is 17.3. The van der Waals surface area contributed by atoms with Crippen molar-refractivity contribution in [1.29, 1.82) is 0 Å². The standard InChI is InChI=1S/C39H42F6N4O2/c40-38(41,42)34-8-2-1-7-28(34)22-49-24-29-20-30(49)23-48(29)21-26-11-16-36-32(19-26)33(27-12-14-31(15-13-27)51-39(43,44)45)25-47(36)18-6-4-10-37(50)35-9-3-5-17-46-35/h1-2,7-8,11-16,19,25,29-30,35,46H,3-6,9-10,17-18,20-24H2. The van der Waals surface area contributed by atoms with Gasteiger partial charge in [0.05, 0.1) is 11.6 Å². The SMILES string of the molecule is O=C(CCCCn1cc(-c2ccc(OC(F)(F)F)cc2)c2cc(CN3CC4CC3CN4Cc3ccccc3C(F)(F)F)ccc21)C1CCCCN1. The molecular formula is C39H42F6N4O2. The van der Waals surface area contributed by atoms with Crippen molar-refractivity contribution in [2.75, 3.05) is 19.6 Å². The van der Waals surface area contributed by atoms with E-state index < -0.39 is 18.1 Å². The third kappa shape index (κ3) is 8.29. The fraction of sp³-hybridized carbons (Fsp3) is 0.462. The number of halogens is 6. The number of carbonyl (C=O) groups excluding carboxylic acids is 1. The van der Waals surface area contributed by atoms with E-state index in [0.29, 0.717) is 31.6 Å². The number of piperazine rings is 1. The number of fused-ring (bicyclic) bond motifs is 3. The average molecular weight is 713 g/mol. The highest BCUT2D eigenvalue weighted by molar-refractivity contribution is 5.96. The van der Waals surface area contributed by atoms with E-state index in [0.717, 1.165) is 85.3 Å². The number of piperidine rings is 1. The quantitative estimate of drug-likeness (QED) is 0.118. The molecule has 51 heavy (non-hydrogen) atoms. The number of benzene rings is 3. The lowest BCUT2D eigenvalue weighted by molar-refractivity contribution is -0.274. The summed E-state index contributed by atoms with van der Waals surface area (Å²) in [6.07, 6.45) is -1.05. The number of rotatable bonds is 12.